The first-order valence-corrected chi connectivity index (χ1v) is 11.3. The molecule has 2 N–H and O–H groups in total. The highest BCUT2D eigenvalue weighted by Gasteiger charge is 2.43. The van der Waals surface area contributed by atoms with Crippen LogP contribution in [-0.4, -0.2) is 44.4 Å². The number of halogens is 2. The van der Waals surface area contributed by atoms with E-state index >= 15 is 0 Å². The number of carbonyl (C=O) groups excluding carboxylic acids is 2. The molecule has 2 aromatic carbocycles. The Balaban J connectivity index is 1.35. The molecule has 0 aliphatic carbocycles. The minimum absolute atomic E-state index is 0.118. The maximum atomic E-state index is 13.4. The molecule has 37 heavy (non-hydrogen) atoms. The van der Waals surface area contributed by atoms with Gasteiger partial charge in [0, 0.05) is 29.5 Å². The van der Waals surface area contributed by atoms with E-state index in [2.05, 4.69) is 29.9 Å². The number of ether oxygens (including phenoxy) is 2. The van der Waals surface area contributed by atoms with Gasteiger partial charge in [0.25, 0.3) is 5.56 Å². The number of imidazole rings is 1. The van der Waals surface area contributed by atoms with Crippen molar-refractivity contribution in [3.05, 3.63) is 58.6 Å². The number of amides is 2. The molecule has 0 radical (unpaired) electrons. The van der Waals surface area contributed by atoms with Crippen molar-refractivity contribution in [1.82, 2.24) is 19.7 Å². The molecule has 188 valence electrons. The number of hydrogen-bond donors (Lipinski definition) is 2. The number of aromatic nitrogens is 4. The van der Waals surface area contributed by atoms with Gasteiger partial charge in [0.2, 0.25) is 11.8 Å². The number of likely N-dealkylation sites (N-methyl/N-ethyl adjacent to an activating group) is 1. The zero-order valence-corrected chi connectivity index (χ0v) is 19.2. The summed E-state index contributed by atoms with van der Waals surface area (Å²) >= 11 is 0. The second-order valence-corrected chi connectivity index (χ2v) is 8.47. The van der Waals surface area contributed by atoms with Crippen LogP contribution in [0.3, 0.4) is 0 Å². The molecule has 0 bridgehead atoms. The van der Waals surface area contributed by atoms with Gasteiger partial charge in [-0.2, -0.15) is 5.10 Å². The molecular formula is C24H18F2N6O5. The second-order valence-electron chi connectivity index (χ2n) is 8.47. The molecule has 2 aliphatic heterocycles. The smallest absolute Gasteiger partial charge is 0.395 e. The first-order valence-electron chi connectivity index (χ1n) is 11.3. The maximum absolute atomic E-state index is 13.4. The highest BCUT2D eigenvalue weighted by Crippen LogP contribution is 2.43. The van der Waals surface area contributed by atoms with Crippen molar-refractivity contribution in [1.29, 1.82) is 0 Å². The number of H-pyrrole nitrogens is 1. The second kappa shape index (κ2) is 8.11. The molecule has 4 heterocycles. The summed E-state index contributed by atoms with van der Waals surface area (Å²) in [6.07, 6.45) is -2.14. The number of nitrogens with zero attached hydrogens (tertiary/aromatic N) is 4. The summed E-state index contributed by atoms with van der Waals surface area (Å²) < 4.78 is 36.7. The van der Waals surface area contributed by atoms with Gasteiger partial charge in [0.15, 0.2) is 11.5 Å². The molecule has 2 amide bonds. The molecule has 0 saturated carbocycles. The van der Waals surface area contributed by atoms with Crippen LogP contribution in [0.4, 0.5) is 20.2 Å². The van der Waals surface area contributed by atoms with Crippen molar-refractivity contribution in [3.8, 4) is 22.8 Å². The van der Waals surface area contributed by atoms with E-state index in [1.807, 2.05) is 0 Å². The number of rotatable bonds is 5. The van der Waals surface area contributed by atoms with Crippen LogP contribution in [0.25, 0.3) is 22.3 Å². The van der Waals surface area contributed by atoms with Gasteiger partial charge in [-0.25, -0.2) is 9.67 Å². The van der Waals surface area contributed by atoms with Gasteiger partial charge in [-0.3, -0.25) is 14.4 Å². The molecule has 4 aromatic rings. The van der Waals surface area contributed by atoms with E-state index in [-0.39, 0.29) is 41.6 Å². The standard InChI is InChI=1S/C24H18F2N6O5/c1-2-31(14-5-6-16-17(9-14)37-24(25,26)36-16)19(34)10-32-23(35)22-21(27-11-28-22)20(30-32)13-4-3-12-8-18(33)29-15(12)7-13/h3-7,9,11H,2,8,10H2,1H3,(H,27,28)(H,29,33). The number of alkyl halides is 2. The van der Waals surface area contributed by atoms with Crippen LogP contribution in [0.1, 0.15) is 12.5 Å². The average Bonchev–Trinajstić information content (AvgIpc) is 3.55. The third kappa shape index (κ3) is 3.84. The van der Waals surface area contributed by atoms with Crippen LogP contribution in [0, 0.1) is 0 Å². The predicted octanol–water partition coefficient (Wildman–Crippen LogP) is 2.66. The zero-order valence-electron chi connectivity index (χ0n) is 19.2. The van der Waals surface area contributed by atoms with Crippen molar-refractivity contribution in [2.75, 3.05) is 16.8 Å². The first kappa shape index (κ1) is 22.6. The lowest BCUT2D eigenvalue weighted by Crippen LogP contribution is -2.37. The van der Waals surface area contributed by atoms with Crippen molar-refractivity contribution >= 4 is 34.2 Å². The Bertz CT molecular complexity index is 1660. The lowest BCUT2D eigenvalue weighted by molar-refractivity contribution is -0.286. The molecule has 11 nitrogen and oxygen atoms in total. The Morgan fingerprint density at radius 3 is 2.78 bits per heavy atom. The van der Waals surface area contributed by atoms with Crippen LogP contribution >= 0.6 is 0 Å². The van der Waals surface area contributed by atoms with E-state index in [1.165, 1.54) is 29.4 Å². The third-order valence-electron chi connectivity index (χ3n) is 6.14. The van der Waals surface area contributed by atoms with Gasteiger partial charge in [0.05, 0.1) is 12.7 Å². The summed E-state index contributed by atoms with van der Waals surface area (Å²) in [4.78, 5) is 46.5. The maximum Gasteiger partial charge on any atom is 0.586 e. The summed E-state index contributed by atoms with van der Waals surface area (Å²) in [6, 6.07) is 9.32. The molecule has 0 unspecified atom stereocenters. The molecule has 2 aromatic heterocycles. The van der Waals surface area contributed by atoms with E-state index in [9.17, 15) is 23.2 Å². The first-order chi connectivity index (χ1) is 17.7. The molecule has 0 atom stereocenters. The summed E-state index contributed by atoms with van der Waals surface area (Å²) in [5.74, 6) is -0.967. The molecule has 6 rings (SSSR count). The zero-order chi connectivity index (χ0) is 25.9. The molecule has 0 fully saturated rings. The molecule has 2 aliphatic rings. The normalized spacial score (nSPS) is 15.1. The summed E-state index contributed by atoms with van der Waals surface area (Å²) in [7, 11) is 0. The molecular weight excluding hydrogens is 490 g/mol. The van der Waals surface area contributed by atoms with Gasteiger partial charge in [0.1, 0.15) is 23.3 Å². The average molecular weight is 508 g/mol. The lowest BCUT2D eigenvalue weighted by atomic mass is 10.1. The Morgan fingerprint density at radius 2 is 1.97 bits per heavy atom. The minimum atomic E-state index is -3.78. The highest BCUT2D eigenvalue weighted by molar-refractivity contribution is 6.00. The quantitative estimate of drug-likeness (QED) is 0.424. The summed E-state index contributed by atoms with van der Waals surface area (Å²) in [5, 5.41) is 7.21. The van der Waals surface area contributed by atoms with Gasteiger partial charge in [-0.1, -0.05) is 12.1 Å². The fourth-order valence-corrected chi connectivity index (χ4v) is 4.46. The lowest BCUT2D eigenvalue weighted by Gasteiger charge is -2.21. The monoisotopic (exact) mass is 508 g/mol. The Labute approximate surface area is 206 Å². The topological polar surface area (TPSA) is 131 Å². The van der Waals surface area contributed by atoms with E-state index in [0.29, 0.717) is 22.5 Å². The van der Waals surface area contributed by atoms with Crippen LogP contribution in [0.2, 0.25) is 0 Å². The van der Waals surface area contributed by atoms with Gasteiger partial charge >= 0.3 is 6.29 Å². The number of aromatic amines is 1. The fraction of sp³-hybridized carbons (Fsp3) is 0.208. The summed E-state index contributed by atoms with van der Waals surface area (Å²) in [6.45, 7) is 1.46. The Kier molecular flexibility index (Phi) is 4.97. The minimum Gasteiger partial charge on any atom is -0.395 e. The van der Waals surface area contributed by atoms with Crippen LogP contribution < -0.4 is 25.2 Å². The van der Waals surface area contributed by atoms with Crippen LogP contribution in [0.15, 0.2) is 47.5 Å². The van der Waals surface area contributed by atoms with Crippen molar-refractivity contribution in [2.45, 2.75) is 26.2 Å². The van der Waals surface area contributed by atoms with E-state index in [0.717, 1.165) is 10.2 Å². The van der Waals surface area contributed by atoms with Crippen molar-refractivity contribution < 1.29 is 27.8 Å². The SMILES string of the molecule is CCN(C(=O)Cn1nc(-c2ccc3c(c2)NC(=O)C3)c2nc[nH]c2c1=O)c1ccc2c(c1)OC(F)(F)O2. The molecule has 13 heteroatoms. The van der Waals surface area contributed by atoms with Gasteiger partial charge in [-0.15, -0.1) is 8.78 Å². The van der Waals surface area contributed by atoms with Crippen molar-refractivity contribution in [2.24, 2.45) is 0 Å². The van der Waals surface area contributed by atoms with Gasteiger partial charge in [-0.05, 0) is 30.7 Å². The number of carbonyl (C=O) groups is 2. The highest BCUT2D eigenvalue weighted by atomic mass is 19.3. The van der Waals surface area contributed by atoms with E-state index in [4.69, 9.17) is 0 Å². The largest absolute Gasteiger partial charge is 0.586 e. The predicted molar refractivity (Wildman–Crippen MR) is 127 cm³/mol. The van der Waals surface area contributed by atoms with Crippen LogP contribution in [0.5, 0.6) is 11.5 Å². The molecule has 0 spiro atoms. The Morgan fingerprint density at radius 1 is 1.16 bits per heavy atom. The van der Waals surface area contributed by atoms with Gasteiger partial charge < -0.3 is 24.7 Å². The van der Waals surface area contributed by atoms with E-state index < -0.39 is 24.3 Å². The number of benzene rings is 2. The third-order valence-corrected chi connectivity index (χ3v) is 6.14. The fourth-order valence-electron chi connectivity index (χ4n) is 4.46. The van der Waals surface area contributed by atoms with Crippen LogP contribution in [-0.2, 0) is 22.6 Å². The Hall–Kier alpha value is -4.81. The van der Waals surface area contributed by atoms with E-state index in [1.54, 1.807) is 25.1 Å². The molecule has 0 saturated heterocycles. The summed E-state index contributed by atoms with van der Waals surface area (Å²) in [5.41, 5.74) is 2.66. The number of anilines is 2. The van der Waals surface area contributed by atoms with Crippen molar-refractivity contribution in [3.63, 3.8) is 0 Å². The number of nitrogens with one attached hydrogen (secondary N) is 2. The number of fused-ring (bicyclic) bond motifs is 3. The number of hydrogen-bond acceptors (Lipinski definition) is 7.